The van der Waals surface area contributed by atoms with Crippen molar-refractivity contribution in [3.8, 4) is 11.1 Å². The molecule has 1 aliphatic carbocycles. The van der Waals surface area contributed by atoms with E-state index in [1.807, 2.05) is 21.6 Å². The van der Waals surface area contributed by atoms with Crippen LogP contribution in [0.25, 0.3) is 11.1 Å². The first kappa shape index (κ1) is 23.3. The van der Waals surface area contributed by atoms with E-state index in [9.17, 15) is 4.79 Å². The summed E-state index contributed by atoms with van der Waals surface area (Å²) >= 11 is 0. The monoisotopic (exact) mass is 480 g/mol. The second kappa shape index (κ2) is 10.9. The van der Waals surface area contributed by atoms with E-state index in [0.29, 0.717) is 19.0 Å². The number of hydrogen-bond donors (Lipinski definition) is 1. The number of unbranched alkanes of at least 4 members (excludes halogenated alkanes) is 1. The van der Waals surface area contributed by atoms with E-state index < -0.39 is 0 Å². The normalized spacial score (nSPS) is 21.5. The minimum atomic E-state index is 0.193. The summed E-state index contributed by atoms with van der Waals surface area (Å²) in [5.41, 5.74) is 8.54. The van der Waals surface area contributed by atoms with Gasteiger partial charge in [0.25, 0.3) is 0 Å². The average Bonchev–Trinajstić information content (AvgIpc) is 3.36. The molecule has 2 aromatic carbocycles. The molecule has 0 bridgehead atoms. The Morgan fingerprint density at radius 3 is 2.88 bits per heavy atom. The summed E-state index contributed by atoms with van der Waals surface area (Å²) in [6, 6.07) is 14.1. The van der Waals surface area contributed by atoms with Gasteiger partial charge in [-0.2, -0.15) is 0 Å². The van der Waals surface area contributed by atoms with Gasteiger partial charge in [0.15, 0.2) is 0 Å². The lowest BCUT2D eigenvalue weighted by molar-refractivity contribution is -0.121. The summed E-state index contributed by atoms with van der Waals surface area (Å²) in [5.74, 6) is 1.48. The lowest BCUT2D eigenvalue weighted by Gasteiger charge is -2.42. The maximum Gasteiger partial charge on any atom is 0.220 e. The molecule has 3 nitrogen and oxygen atoms in total. The van der Waals surface area contributed by atoms with Gasteiger partial charge in [0.2, 0.25) is 5.91 Å². The summed E-state index contributed by atoms with van der Waals surface area (Å²) in [6.45, 7) is 5.25. The predicted octanol–water partition coefficient (Wildman–Crippen LogP) is 6.55. The Hall–Kier alpha value is -1.43. The number of nitrogens with one attached hydrogen (secondary N) is 1. The van der Waals surface area contributed by atoms with Crippen molar-refractivity contribution in [2.45, 2.75) is 76.1 Å². The van der Waals surface area contributed by atoms with Gasteiger partial charge in [-0.15, -0.1) is 0 Å². The molecule has 1 N–H and O–H groups in total. The van der Waals surface area contributed by atoms with Gasteiger partial charge in [0.05, 0.1) is 0 Å². The van der Waals surface area contributed by atoms with E-state index in [1.54, 1.807) is 5.56 Å². The number of nitrogens with zero attached hydrogens (tertiary/aromatic N) is 1. The van der Waals surface area contributed by atoms with Gasteiger partial charge in [0.1, 0.15) is 0 Å². The van der Waals surface area contributed by atoms with Crippen LogP contribution in [0.2, 0.25) is 0 Å². The van der Waals surface area contributed by atoms with Gasteiger partial charge in [-0.3, -0.25) is 9.69 Å². The van der Waals surface area contributed by atoms with Crippen LogP contribution in [0.15, 0.2) is 36.4 Å². The van der Waals surface area contributed by atoms with Crippen molar-refractivity contribution in [2.75, 3.05) is 18.8 Å². The molecule has 2 unspecified atom stereocenters. The molecule has 0 spiro atoms. The third kappa shape index (κ3) is 5.16. The lowest BCUT2D eigenvalue weighted by atomic mass is 9.75. The third-order valence-electron chi connectivity index (χ3n) is 7.45. The number of rotatable bonds is 9. The molecule has 2 heterocycles. The summed E-state index contributed by atoms with van der Waals surface area (Å²) in [6.07, 6.45) is 8.83. The van der Waals surface area contributed by atoms with Crippen molar-refractivity contribution in [3.05, 3.63) is 58.7 Å². The highest BCUT2D eigenvalue weighted by atomic mass is 33.1. The Balaban J connectivity index is 1.26. The van der Waals surface area contributed by atoms with Gasteiger partial charge < -0.3 is 5.32 Å². The number of hydrogen-bond acceptors (Lipinski definition) is 4. The first-order chi connectivity index (χ1) is 16.2. The molecular formula is C28H36N2OS2. The second-order valence-corrected chi connectivity index (χ2v) is 12.5. The molecule has 1 amide bonds. The molecule has 2 atom stereocenters. The van der Waals surface area contributed by atoms with Crippen LogP contribution in [-0.4, -0.2) is 34.9 Å². The Bertz CT molecular complexity index is 986. The molecule has 1 saturated heterocycles. The van der Waals surface area contributed by atoms with E-state index >= 15 is 0 Å². The molecule has 0 aromatic heterocycles. The van der Waals surface area contributed by atoms with E-state index in [0.717, 1.165) is 37.5 Å². The van der Waals surface area contributed by atoms with Crippen molar-refractivity contribution >= 4 is 27.5 Å². The zero-order valence-corrected chi connectivity index (χ0v) is 21.4. The number of benzene rings is 2. The maximum absolute atomic E-state index is 12.6. The zero-order chi connectivity index (χ0) is 22.6. The minimum absolute atomic E-state index is 0.193. The van der Waals surface area contributed by atoms with Crippen LogP contribution in [0.3, 0.4) is 0 Å². The first-order valence-electron chi connectivity index (χ1n) is 12.8. The molecule has 33 heavy (non-hydrogen) atoms. The highest BCUT2D eigenvalue weighted by Gasteiger charge is 2.34. The SMILES string of the molecule is CCCN1CCc2cccc3c2C1Cc1cccc(CNC(=O)CCCCC2CCSS2)c1-3. The van der Waals surface area contributed by atoms with Crippen molar-refractivity contribution in [3.63, 3.8) is 0 Å². The number of fused-ring (bicyclic) bond motifs is 2. The fraction of sp³-hybridized carbons (Fsp3) is 0.536. The molecule has 2 aromatic rings. The van der Waals surface area contributed by atoms with Crippen molar-refractivity contribution in [1.29, 1.82) is 0 Å². The van der Waals surface area contributed by atoms with Gasteiger partial charge in [-0.05, 0) is 78.5 Å². The highest BCUT2D eigenvalue weighted by molar-refractivity contribution is 8.77. The third-order valence-corrected chi connectivity index (χ3v) is 10.5. The summed E-state index contributed by atoms with van der Waals surface area (Å²) < 4.78 is 0. The van der Waals surface area contributed by atoms with Gasteiger partial charge in [0, 0.05) is 36.6 Å². The summed E-state index contributed by atoms with van der Waals surface area (Å²) in [7, 11) is 4.04. The second-order valence-electron chi connectivity index (χ2n) is 9.69. The topological polar surface area (TPSA) is 32.3 Å². The van der Waals surface area contributed by atoms with Crippen molar-refractivity contribution in [2.24, 2.45) is 0 Å². The Labute approximate surface area is 206 Å². The van der Waals surface area contributed by atoms with E-state index in [4.69, 9.17) is 0 Å². The number of carbonyl (C=O) groups is 1. The number of amides is 1. The molecule has 3 aliphatic rings. The van der Waals surface area contributed by atoms with Crippen LogP contribution >= 0.6 is 21.6 Å². The Morgan fingerprint density at radius 2 is 2.03 bits per heavy atom. The maximum atomic E-state index is 12.6. The van der Waals surface area contributed by atoms with Gasteiger partial charge in [-0.1, -0.05) is 71.3 Å². The van der Waals surface area contributed by atoms with Gasteiger partial charge >= 0.3 is 0 Å². The number of carbonyl (C=O) groups excluding carboxylic acids is 1. The Kier molecular flexibility index (Phi) is 7.69. The predicted molar refractivity (Wildman–Crippen MR) is 143 cm³/mol. The standard InChI is InChI=1S/C28H36N2OS2/c1-2-15-30-16-13-20-7-6-11-24-27-21(18-25(30)28(20)24)8-5-9-22(27)19-29-26(31)12-4-3-10-23-14-17-32-33-23/h5-9,11,23,25H,2-4,10,12-19H2,1H3,(H,29,31). The van der Waals surface area contributed by atoms with Crippen LogP contribution in [0.1, 0.15) is 73.7 Å². The fourth-order valence-electron chi connectivity index (χ4n) is 5.86. The quantitative estimate of drug-likeness (QED) is 0.326. The molecule has 2 aliphatic heterocycles. The summed E-state index contributed by atoms with van der Waals surface area (Å²) in [5, 5.41) is 4.04. The van der Waals surface area contributed by atoms with Crippen LogP contribution in [-0.2, 0) is 24.2 Å². The van der Waals surface area contributed by atoms with Crippen molar-refractivity contribution in [1.82, 2.24) is 10.2 Å². The van der Waals surface area contributed by atoms with E-state index in [-0.39, 0.29) is 5.91 Å². The van der Waals surface area contributed by atoms with Crippen LogP contribution in [0.5, 0.6) is 0 Å². The molecule has 5 rings (SSSR count). The van der Waals surface area contributed by atoms with Crippen LogP contribution < -0.4 is 5.32 Å². The van der Waals surface area contributed by atoms with Crippen LogP contribution in [0.4, 0.5) is 0 Å². The van der Waals surface area contributed by atoms with E-state index in [1.165, 1.54) is 59.4 Å². The first-order valence-corrected chi connectivity index (χ1v) is 15.1. The Morgan fingerprint density at radius 1 is 1.15 bits per heavy atom. The highest BCUT2D eigenvalue weighted by Crippen LogP contribution is 2.46. The average molecular weight is 481 g/mol. The smallest absolute Gasteiger partial charge is 0.220 e. The van der Waals surface area contributed by atoms with Crippen molar-refractivity contribution < 1.29 is 4.79 Å². The van der Waals surface area contributed by atoms with Crippen LogP contribution in [0, 0.1) is 0 Å². The van der Waals surface area contributed by atoms with E-state index in [2.05, 4.69) is 53.5 Å². The molecule has 0 saturated carbocycles. The molecular weight excluding hydrogens is 444 g/mol. The largest absolute Gasteiger partial charge is 0.352 e. The fourth-order valence-corrected chi connectivity index (χ4v) is 8.89. The molecule has 176 valence electrons. The molecule has 0 radical (unpaired) electrons. The molecule has 5 heteroatoms. The molecule has 1 fully saturated rings. The summed E-state index contributed by atoms with van der Waals surface area (Å²) in [4.78, 5) is 15.3. The zero-order valence-electron chi connectivity index (χ0n) is 19.8. The minimum Gasteiger partial charge on any atom is -0.352 e. The lowest BCUT2D eigenvalue weighted by Crippen LogP contribution is -2.39. The van der Waals surface area contributed by atoms with Gasteiger partial charge in [-0.25, -0.2) is 0 Å².